The summed E-state index contributed by atoms with van der Waals surface area (Å²) in [6, 6.07) is 8.82. The highest BCUT2D eigenvalue weighted by Crippen LogP contribution is 2.24. The molecule has 0 aliphatic heterocycles. The van der Waals surface area contributed by atoms with Gasteiger partial charge < -0.3 is 5.73 Å². The summed E-state index contributed by atoms with van der Waals surface area (Å²) in [5, 5.41) is 0.793. The van der Waals surface area contributed by atoms with E-state index in [1.54, 1.807) is 0 Å². The first-order valence-corrected chi connectivity index (χ1v) is 8.03. The number of halogens is 1. The highest BCUT2D eigenvalue weighted by molar-refractivity contribution is 7.98. The Kier molecular flexibility index (Phi) is 7.08. The van der Waals surface area contributed by atoms with Crippen LogP contribution in [0.25, 0.3) is 0 Å². The fraction of sp³-hybridized carbons (Fsp3) is 0.571. The Labute approximate surface area is 120 Å². The number of nitrogens with two attached hydrogens (primary N) is 1. The zero-order chi connectivity index (χ0) is 13.5. The molecule has 2 N–H and O–H groups in total. The van der Waals surface area contributed by atoms with Crippen LogP contribution in [-0.2, 0) is 0 Å². The Balaban J connectivity index is 2.72. The molecule has 102 valence electrons. The molecule has 0 aliphatic rings. The Hall–Kier alpha value is -0.220. The van der Waals surface area contributed by atoms with E-state index in [4.69, 9.17) is 17.3 Å². The largest absolute Gasteiger partial charge is 0.329 e. The molecule has 2 atom stereocenters. The predicted octanol–water partition coefficient (Wildman–Crippen LogP) is 3.41. The first-order valence-electron chi connectivity index (χ1n) is 6.26. The molecule has 18 heavy (non-hydrogen) atoms. The Morgan fingerprint density at radius 1 is 1.44 bits per heavy atom. The van der Waals surface area contributed by atoms with Gasteiger partial charge in [0.15, 0.2) is 0 Å². The molecule has 2 unspecified atom stereocenters. The lowest BCUT2D eigenvalue weighted by Crippen LogP contribution is -2.39. The molecule has 0 radical (unpaired) electrons. The first kappa shape index (κ1) is 15.8. The topological polar surface area (TPSA) is 29.3 Å². The van der Waals surface area contributed by atoms with Crippen LogP contribution in [0, 0.1) is 0 Å². The third-order valence-electron chi connectivity index (χ3n) is 3.45. The van der Waals surface area contributed by atoms with Gasteiger partial charge in [-0.3, -0.25) is 4.90 Å². The second-order valence-corrected chi connectivity index (χ2v) is 5.99. The minimum Gasteiger partial charge on any atom is -0.329 e. The average Bonchev–Trinajstić information content (AvgIpc) is 2.38. The minimum absolute atomic E-state index is 0.333. The Morgan fingerprint density at radius 3 is 2.72 bits per heavy atom. The maximum absolute atomic E-state index is 6.04. The summed E-state index contributed by atoms with van der Waals surface area (Å²) in [6.45, 7) is 2.90. The van der Waals surface area contributed by atoms with Gasteiger partial charge in [-0.2, -0.15) is 11.8 Å². The zero-order valence-electron chi connectivity index (χ0n) is 11.4. The van der Waals surface area contributed by atoms with E-state index in [-0.39, 0.29) is 0 Å². The molecule has 1 rings (SSSR count). The van der Waals surface area contributed by atoms with Crippen molar-refractivity contribution in [2.45, 2.75) is 25.4 Å². The van der Waals surface area contributed by atoms with Gasteiger partial charge >= 0.3 is 0 Å². The maximum Gasteiger partial charge on any atom is 0.0409 e. The van der Waals surface area contributed by atoms with Gasteiger partial charge in [-0.25, -0.2) is 0 Å². The highest BCUT2D eigenvalue weighted by atomic mass is 35.5. The Bertz CT molecular complexity index is 359. The molecule has 0 saturated carbocycles. The minimum atomic E-state index is 0.333. The van der Waals surface area contributed by atoms with Crippen LogP contribution in [0.4, 0.5) is 0 Å². The highest BCUT2D eigenvalue weighted by Gasteiger charge is 2.19. The van der Waals surface area contributed by atoms with Crippen LogP contribution >= 0.6 is 23.4 Å². The molecule has 0 heterocycles. The van der Waals surface area contributed by atoms with Gasteiger partial charge in [0.2, 0.25) is 0 Å². The standard InChI is InChI=1S/C14H23ClN2S/c1-11(12-5-4-6-13(15)9-12)17(2)14(10-16)7-8-18-3/h4-6,9,11,14H,7-8,10,16H2,1-3H3. The van der Waals surface area contributed by atoms with Crippen LogP contribution in [-0.4, -0.2) is 36.5 Å². The van der Waals surface area contributed by atoms with E-state index in [0.717, 1.165) is 17.2 Å². The van der Waals surface area contributed by atoms with Gasteiger partial charge in [0, 0.05) is 23.7 Å². The van der Waals surface area contributed by atoms with Crippen molar-refractivity contribution < 1.29 is 0 Å². The van der Waals surface area contributed by atoms with Gasteiger partial charge in [-0.05, 0) is 50.1 Å². The number of nitrogens with zero attached hydrogens (tertiary/aromatic N) is 1. The number of thioether (sulfide) groups is 1. The van der Waals surface area contributed by atoms with Gasteiger partial charge in [0.05, 0.1) is 0 Å². The van der Waals surface area contributed by atoms with Gasteiger partial charge in [0.1, 0.15) is 0 Å². The summed E-state index contributed by atoms with van der Waals surface area (Å²) in [4.78, 5) is 2.35. The summed E-state index contributed by atoms with van der Waals surface area (Å²) in [5.74, 6) is 1.15. The van der Waals surface area contributed by atoms with Crippen LogP contribution in [0.15, 0.2) is 24.3 Å². The monoisotopic (exact) mass is 286 g/mol. The quantitative estimate of drug-likeness (QED) is 0.833. The molecular weight excluding hydrogens is 264 g/mol. The first-order chi connectivity index (χ1) is 8.60. The summed E-state index contributed by atoms with van der Waals surface area (Å²) >= 11 is 7.91. The third-order valence-corrected chi connectivity index (χ3v) is 4.32. The van der Waals surface area contributed by atoms with Crippen molar-refractivity contribution in [3.8, 4) is 0 Å². The molecule has 0 aliphatic carbocycles. The SMILES string of the molecule is CSCCC(CN)N(C)C(C)c1cccc(Cl)c1. The number of rotatable bonds is 7. The average molecular weight is 287 g/mol. The number of benzene rings is 1. The van der Waals surface area contributed by atoms with Crippen molar-refractivity contribution in [3.63, 3.8) is 0 Å². The summed E-state index contributed by atoms with van der Waals surface area (Å²) in [7, 11) is 2.14. The fourth-order valence-corrected chi connectivity index (χ4v) is 2.77. The van der Waals surface area contributed by atoms with Crippen LogP contribution in [0.1, 0.15) is 24.9 Å². The normalized spacial score (nSPS) is 14.8. The second kappa shape index (κ2) is 8.05. The molecule has 0 aromatic heterocycles. The molecule has 0 saturated heterocycles. The van der Waals surface area contributed by atoms with Crippen molar-refractivity contribution in [3.05, 3.63) is 34.9 Å². The molecular formula is C14H23ClN2S. The zero-order valence-corrected chi connectivity index (χ0v) is 13.0. The molecule has 1 aromatic rings. The smallest absolute Gasteiger partial charge is 0.0409 e. The van der Waals surface area contributed by atoms with Crippen molar-refractivity contribution in [2.75, 3.05) is 25.6 Å². The fourth-order valence-electron chi connectivity index (χ4n) is 2.06. The van der Waals surface area contributed by atoms with E-state index in [1.165, 1.54) is 5.56 Å². The third kappa shape index (κ3) is 4.47. The summed E-state index contributed by atoms with van der Waals surface area (Å²) < 4.78 is 0. The maximum atomic E-state index is 6.04. The van der Waals surface area contributed by atoms with Gasteiger partial charge in [0.25, 0.3) is 0 Å². The van der Waals surface area contributed by atoms with Crippen LogP contribution in [0.5, 0.6) is 0 Å². The van der Waals surface area contributed by atoms with Crippen molar-refractivity contribution in [2.24, 2.45) is 5.73 Å². The van der Waals surface area contributed by atoms with E-state index in [1.807, 2.05) is 30.0 Å². The molecule has 0 fully saturated rings. The van der Waals surface area contributed by atoms with Crippen LogP contribution in [0.2, 0.25) is 5.02 Å². The van der Waals surface area contributed by atoms with E-state index < -0.39 is 0 Å². The van der Waals surface area contributed by atoms with Crippen LogP contribution < -0.4 is 5.73 Å². The lowest BCUT2D eigenvalue weighted by molar-refractivity contribution is 0.185. The molecule has 0 amide bonds. The Morgan fingerprint density at radius 2 is 2.17 bits per heavy atom. The number of likely N-dealkylation sites (N-methyl/N-ethyl adjacent to an activating group) is 1. The van der Waals surface area contributed by atoms with Crippen molar-refractivity contribution >= 4 is 23.4 Å². The van der Waals surface area contributed by atoms with E-state index >= 15 is 0 Å². The lowest BCUT2D eigenvalue weighted by atomic mass is 10.0. The summed E-state index contributed by atoms with van der Waals surface area (Å²) in [5.41, 5.74) is 7.13. The summed E-state index contributed by atoms with van der Waals surface area (Å²) in [6.07, 6.45) is 3.26. The molecule has 1 aromatic carbocycles. The predicted molar refractivity (Wildman–Crippen MR) is 83.5 cm³/mol. The van der Waals surface area contributed by atoms with E-state index in [0.29, 0.717) is 18.6 Å². The number of hydrogen-bond donors (Lipinski definition) is 1. The van der Waals surface area contributed by atoms with E-state index in [2.05, 4.69) is 31.2 Å². The van der Waals surface area contributed by atoms with Crippen LogP contribution in [0.3, 0.4) is 0 Å². The van der Waals surface area contributed by atoms with Gasteiger partial charge in [-0.1, -0.05) is 23.7 Å². The molecule has 0 spiro atoms. The molecule has 2 nitrogen and oxygen atoms in total. The lowest BCUT2D eigenvalue weighted by Gasteiger charge is -2.32. The molecule has 0 bridgehead atoms. The van der Waals surface area contributed by atoms with Crippen molar-refractivity contribution in [1.82, 2.24) is 4.90 Å². The van der Waals surface area contributed by atoms with Gasteiger partial charge in [-0.15, -0.1) is 0 Å². The molecule has 4 heteroatoms. The van der Waals surface area contributed by atoms with E-state index in [9.17, 15) is 0 Å². The number of hydrogen-bond acceptors (Lipinski definition) is 3. The van der Waals surface area contributed by atoms with Crippen molar-refractivity contribution in [1.29, 1.82) is 0 Å². The second-order valence-electron chi connectivity index (χ2n) is 4.57.